The van der Waals surface area contributed by atoms with Crippen molar-refractivity contribution in [1.82, 2.24) is 19.6 Å². The number of nitrogens with zero attached hydrogens (tertiary/aromatic N) is 4. The Bertz CT molecular complexity index is 580. The zero-order valence-corrected chi connectivity index (χ0v) is 15.1. The minimum atomic E-state index is -0.419. The number of carbonyl (C=O) groups is 1. The molecular weight excluding hydrogens is 304 g/mol. The van der Waals surface area contributed by atoms with E-state index in [1.807, 2.05) is 31.9 Å². The lowest BCUT2D eigenvalue weighted by Crippen LogP contribution is -2.48. The summed E-state index contributed by atoms with van der Waals surface area (Å²) in [4.78, 5) is 16.8. The highest BCUT2D eigenvalue weighted by Crippen LogP contribution is 2.30. The molecule has 1 aliphatic heterocycles. The molecule has 0 bridgehead atoms. The molecule has 2 heterocycles. The van der Waals surface area contributed by atoms with Crippen LogP contribution in [0.2, 0.25) is 0 Å². The lowest BCUT2D eigenvalue weighted by atomic mass is 10.1. The van der Waals surface area contributed by atoms with Gasteiger partial charge in [0.1, 0.15) is 0 Å². The smallest absolute Gasteiger partial charge is 0.222 e. The third-order valence-electron chi connectivity index (χ3n) is 5.99. The first-order chi connectivity index (χ1) is 11.5. The average Bonchev–Trinajstić information content (AvgIpc) is 3.28. The molecule has 1 N–H and O–H groups in total. The van der Waals surface area contributed by atoms with E-state index in [-0.39, 0.29) is 18.0 Å². The fraction of sp³-hybridized carbons (Fsp3) is 0.778. The summed E-state index contributed by atoms with van der Waals surface area (Å²) in [6.45, 7) is 4.21. The Kier molecular flexibility index (Phi) is 5.25. The second-order valence-electron chi connectivity index (χ2n) is 7.33. The Balaban J connectivity index is 1.54. The minimum absolute atomic E-state index is 0.0434. The van der Waals surface area contributed by atoms with E-state index < -0.39 is 6.10 Å². The summed E-state index contributed by atoms with van der Waals surface area (Å²) in [5.74, 6) is 0.115. The maximum atomic E-state index is 12.6. The number of hydrogen-bond acceptors (Lipinski definition) is 4. The first-order valence-corrected chi connectivity index (χ1v) is 9.14. The van der Waals surface area contributed by atoms with Crippen LogP contribution >= 0.6 is 0 Å². The van der Waals surface area contributed by atoms with Crippen molar-refractivity contribution in [3.05, 3.63) is 17.5 Å². The van der Waals surface area contributed by atoms with E-state index in [2.05, 4.69) is 10.00 Å². The molecule has 1 aliphatic carbocycles. The SMILES string of the molecule is Cc1c(CCC(=O)N(C)[C@@H]2CC[C@@H](N3CCCC3)[C@@H]2O)cnn1C. The molecule has 6 heteroatoms. The molecule has 1 saturated carbocycles. The van der Waals surface area contributed by atoms with Crippen molar-refractivity contribution in [2.45, 2.75) is 63.6 Å². The summed E-state index contributed by atoms with van der Waals surface area (Å²) in [6, 6.07) is 0.186. The van der Waals surface area contributed by atoms with Gasteiger partial charge in [-0.3, -0.25) is 14.4 Å². The number of aromatic nitrogens is 2. The van der Waals surface area contributed by atoms with Gasteiger partial charge in [0.05, 0.1) is 18.3 Å². The number of aryl methyl sites for hydroxylation is 2. The molecule has 1 saturated heterocycles. The van der Waals surface area contributed by atoms with Gasteiger partial charge in [-0.15, -0.1) is 0 Å². The van der Waals surface area contributed by atoms with Gasteiger partial charge in [0.2, 0.25) is 5.91 Å². The van der Waals surface area contributed by atoms with Gasteiger partial charge in [-0.25, -0.2) is 0 Å². The molecule has 1 aromatic heterocycles. The van der Waals surface area contributed by atoms with Crippen molar-refractivity contribution in [3.63, 3.8) is 0 Å². The van der Waals surface area contributed by atoms with Gasteiger partial charge in [-0.2, -0.15) is 5.10 Å². The third-order valence-corrected chi connectivity index (χ3v) is 5.99. The van der Waals surface area contributed by atoms with Crippen LogP contribution < -0.4 is 0 Å². The molecule has 24 heavy (non-hydrogen) atoms. The molecule has 0 radical (unpaired) electrons. The van der Waals surface area contributed by atoms with Crippen molar-refractivity contribution in [3.8, 4) is 0 Å². The van der Waals surface area contributed by atoms with E-state index in [0.29, 0.717) is 12.8 Å². The van der Waals surface area contributed by atoms with Crippen LogP contribution in [0.25, 0.3) is 0 Å². The largest absolute Gasteiger partial charge is 0.389 e. The highest BCUT2D eigenvalue weighted by atomic mass is 16.3. The van der Waals surface area contributed by atoms with E-state index in [4.69, 9.17) is 0 Å². The minimum Gasteiger partial charge on any atom is -0.389 e. The van der Waals surface area contributed by atoms with Gasteiger partial charge in [-0.05, 0) is 57.7 Å². The van der Waals surface area contributed by atoms with Crippen LogP contribution in [0.5, 0.6) is 0 Å². The average molecular weight is 334 g/mol. The summed E-state index contributed by atoms with van der Waals surface area (Å²) in [5.41, 5.74) is 2.24. The number of amides is 1. The summed E-state index contributed by atoms with van der Waals surface area (Å²) in [7, 11) is 3.76. The van der Waals surface area contributed by atoms with E-state index in [0.717, 1.165) is 37.2 Å². The molecule has 2 aliphatic rings. The van der Waals surface area contributed by atoms with Crippen molar-refractivity contribution < 1.29 is 9.90 Å². The van der Waals surface area contributed by atoms with Crippen LogP contribution in [0, 0.1) is 6.92 Å². The number of carbonyl (C=O) groups excluding carboxylic acids is 1. The molecule has 0 aromatic carbocycles. The fourth-order valence-corrected chi connectivity index (χ4v) is 4.23. The molecule has 3 atom stereocenters. The Morgan fingerprint density at radius 2 is 2.08 bits per heavy atom. The van der Waals surface area contributed by atoms with Crippen LogP contribution in [-0.4, -0.2) is 68.9 Å². The molecule has 0 spiro atoms. The van der Waals surface area contributed by atoms with Gasteiger partial charge in [-0.1, -0.05) is 0 Å². The van der Waals surface area contributed by atoms with E-state index in [1.54, 1.807) is 4.90 Å². The van der Waals surface area contributed by atoms with Gasteiger partial charge in [0.15, 0.2) is 0 Å². The molecule has 6 nitrogen and oxygen atoms in total. The van der Waals surface area contributed by atoms with E-state index >= 15 is 0 Å². The highest BCUT2D eigenvalue weighted by molar-refractivity contribution is 5.76. The first-order valence-electron chi connectivity index (χ1n) is 9.14. The zero-order chi connectivity index (χ0) is 17.3. The van der Waals surface area contributed by atoms with Gasteiger partial charge >= 0.3 is 0 Å². The maximum absolute atomic E-state index is 12.6. The topological polar surface area (TPSA) is 61.6 Å². The van der Waals surface area contributed by atoms with E-state index in [1.165, 1.54) is 12.8 Å². The molecule has 0 unspecified atom stereocenters. The second-order valence-corrected chi connectivity index (χ2v) is 7.33. The quantitative estimate of drug-likeness (QED) is 0.876. The number of likely N-dealkylation sites (tertiary alicyclic amines) is 1. The fourth-order valence-electron chi connectivity index (χ4n) is 4.23. The predicted molar refractivity (Wildman–Crippen MR) is 92.7 cm³/mol. The Morgan fingerprint density at radius 1 is 1.38 bits per heavy atom. The monoisotopic (exact) mass is 334 g/mol. The molecule has 3 rings (SSSR count). The van der Waals surface area contributed by atoms with Crippen molar-refractivity contribution in [2.24, 2.45) is 7.05 Å². The van der Waals surface area contributed by atoms with Crippen LogP contribution in [0.15, 0.2) is 6.20 Å². The second kappa shape index (κ2) is 7.23. The molecule has 1 amide bonds. The number of rotatable bonds is 5. The standard InChI is InChI=1S/C18H30N4O2/c1-13-14(12-19-21(13)3)6-9-17(23)20(2)15-7-8-16(18(15)24)22-10-4-5-11-22/h12,15-16,18,24H,4-11H2,1-3H3/t15-,16-,18-/m1/s1. The van der Waals surface area contributed by atoms with Gasteiger partial charge < -0.3 is 10.0 Å². The van der Waals surface area contributed by atoms with Crippen molar-refractivity contribution in [2.75, 3.05) is 20.1 Å². The normalized spacial score (nSPS) is 27.8. The van der Waals surface area contributed by atoms with Crippen molar-refractivity contribution >= 4 is 5.91 Å². The molecule has 1 aromatic rings. The van der Waals surface area contributed by atoms with Crippen LogP contribution in [0.3, 0.4) is 0 Å². The molecular formula is C18H30N4O2. The van der Waals surface area contributed by atoms with Crippen LogP contribution in [-0.2, 0) is 18.3 Å². The third kappa shape index (κ3) is 3.35. The Morgan fingerprint density at radius 3 is 2.71 bits per heavy atom. The number of aliphatic hydroxyl groups is 1. The summed E-state index contributed by atoms with van der Waals surface area (Å²) < 4.78 is 1.84. The number of likely N-dealkylation sites (N-methyl/N-ethyl adjacent to an activating group) is 1. The first kappa shape index (κ1) is 17.4. The van der Waals surface area contributed by atoms with E-state index in [9.17, 15) is 9.90 Å². The molecule has 2 fully saturated rings. The molecule has 134 valence electrons. The highest BCUT2D eigenvalue weighted by Gasteiger charge is 2.41. The lowest BCUT2D eigenvalue weighted by molar-refractivity contribution is -0.134. The summed E-state index contributed by atoms with van der Waals surface area (Å²) in [6.07, 6.45) is 6.96. The van der Waals surface area contributed by atoms with Gasteiger partial charge in [0.25, 0.3) is 0 Å². The number of hydrogen-bond donors (Lipinski definition) is 1. The Labute approximate surface area is 144 Å². The van der Waals surface area contributed by atoms with Gasteiger partial charge in [0, 0.05) is 32.3 Å². The maximum Gasteiger partial charge on any atom is 0.222 e. The summed E-state index contributed by atoms with van der Waals surface area (Å²) in [5, 5.41) is 14.9. The lowest BCUT2D eigenvalue weighted by Gasteiger charge is -2.32. The Hall–Kier alpha value is -1.40. The van der Waals surface area contributed by atoms with Crippen LogP contribution in [0.1, 0.15) is 43.4 Å². The van der Waals surface area contributed by atoms with Crippen LogP contribution in [0.4, 0.5) is 0 Å². The predicted octanol–water partition coefficient (Wildman–Crippen LogP) is 1.11. The summed E-state index contributed by atoms with van der Waals surface area (Å²) >= 11 is 0. The zero-order valence-electron chi connectivity index (χ0n) is 15.1. The number of aliphatic hydroxyl groups excluding tert-OH is 1. The van der Waals surface area contributed by atoms with Crippen molar-refractivity contribution in [1.29, 1.82) is 0 Å².